The summed E-state index contributed by atoms with van der Waals surface area (Å²) in [5.41, 5.74) is 3.39. The number of hydrogen-bond donors (Lipinski definition) is 0. The zero-order valence-electron chi connectivity index (χ0n) is 13.5. The van der Waals surface area contributed by atoms with E-state index < -0.39 is 0 Å². The Balaban J connectivity index is 2.06. The van der Waals surface area contributed by atoms with Crippen LogP contribution in [0, 0.1) is 13.8 Å². The summed E-state index contributed by atoms with van der Waals surface area (Å²) in [4.78, 5) is 5.40. The number of aryl methyl sites for hydroxylation is 2. The second kappa shape index (κ2) is 6.79. The van der Waals surface area contributed by atoms with Gasteiger partial charge in [0.05, 0.1) is 11.9 Å². The number of aromatic nitrogens is 1. The van der Waals surface area contributed by atoms with Crippen LogP contribution in [0.1, 0.15) is 24.0 Å². The summed E-state index contributed by atoms with van der Waals surface area (Å²) in [5.74, 6) is 1.61. The lowest BCUT2D eigenvalue weighted by Gasteiger charge is -2.03. The summed E-state index contributed by atoms with van der Waals surface area (Å²) in [7, 11) is 0. The lowest BCUT2D eigenvalue weighted by atomic mass is 10.1. The average molecular weight is 325 g/mol. The van der Waals surface area contributed by atoms with E-state index in [0.29, 0.717) is 0 Å². The highest BCUT2D eigenvalue weighted by Crippen LogP contribution is 2.20. The summed E-state index contributed by atoms with van der Waals surface area (Å²) >= 11 is 1.59. The molecule has 0 bridgehead atoms. The first-order valence-corrected chi connectivity index (χ1v) is 8.44. The maximum absolute atomic E-state index is 5.55. The monoisotopic (exact) mass is 325 g/mol. The van der Waals surface area contributed by atoms with E-state index >= 15 is 0 Å². The van der Waals surface area contributed by atoms with E-state index in [2.05, 4.69) is 46.7 Å². The van der Waals surface area contributed by atoms with Gasteiger partial charge in [-0.2, -0.15) is 5.10 Å². The molecule has 2 heterocycles. The fourth-order valence-electron chi connectivity index (χ4n) is 2.21. The second-order valence-corrected chi connectivity index (χ2v) is 6.09. The molecule has 3 rings (SSSR count). The Morgan fingerprint density at radius 1 is 1.13 bits per heavy atom. The molecule has 3 aromatic rings. The zero-order valence-corrected chi connectivity index (χ0v) is 14.3. The molecule has 23 heavy (non-hydrogen) atoms. The molecule has 118 valence electrons. The van der Waals surface area contributed by atoms with E-state index in [1.54, 1.807) is 17.6 Å². The van der Waals surface area contributed by atoms with E-state index in [0.717, 1.165) is 34.1 Å². The molecule has 5 heteroatoms. The van der Waals surface area contributed by atoms with Crippen LogP contribution in [0.3, 0.4) is 0 Å². The van der Waals surface area contributed by atoms with Gasteiger partial charge in [0.25, 0.3) is 0 Å². The van der Waals surface area contributed by atoms with Crippen LogP contribution >= 0.6 is 11.3 Å². The highest BCUT2D eigenvalue weighted by Gasteiger charge is 2.07. The molecule has 0 spiro atoms. The number of hydrogen-bond acceptors (Lipinski definition) is 4. The smallest absolute Gasteiger partial charge is 0.206 e. The molecule has 0 fully saturated rings. The minimum absolute atomic E-state index is 0.725. The molecule has 0 saturated carbocycles. The lowest BCUT2D eigenvalue weighted by Crippen LogP contribution is -2.12. The number of furan rings is 1. The molecule has 0 aliphatic carbocycles. The summed E-state index contributed by atoms with van der Waals surface area (Å²) in [6.07, 6.45) is 1.73. The summed E-state index contributed by atoms with van der Waals surface area (Å²) in [5, 5.41) is 6.67. The first-order valence-electron chi connectivity index (χ1n) is 7.56. The van der Waals surface area contributed by atoms with Crippen molar-refractivity contribution in [1.29, 1.82) is 0 Å². The van der Waals surface area contributed by atoms with Gasteiger partial charge in [0, 0.05) is 17.5 Å². The van der Waals surface area contributed by atoms with Crippen molar-refractivity contribution in [2.45, 2.75) is 20.8 Å². The first kappa shape index (κ1) is 15.5. The van der Waals surface area contributed by atoms with Crippen LogP contribution in [0.4, 0.5) is 0 Å². The largest absolute Gasteiger partial charge is 0.460 e. The van der Waals surface area contributed by atoms with Crippen LogP contribution in [0.15, 0.2) is 56.3 Å². The lowest BCUT2D eigenvalue weighted by molar-refractivity contribution is 0.527. The van der Waals surface area contributed by atoms with Crippen LogP contribution in [0.5, 0.6) is 0 Å². The Labute approximate surface area is 139 Å². The Bertz CT molecular complexity index is 882. The van der Waals surface area contributed by atoms with Crippen LogP contribution in [0.25, 0.3) is 11.3 Å². The molecule has 0 saturated heterocycles. The Morgan fingerprint density at radius 2 is 1.91 bits per heavy atom. The van der Waals surface area contributed by atoms with E-state index in [4.69, 9.17) is 4.42 Å². The maximum atomic E-state index is 5.55. The summed E-state index contributed by atoms with van der Waals surface area (Å²) in [6, 6.07) is 12.3. The van der Waals surface area contributed by atoms with E-state index in [1.165, 1.54) is 5.56 Å². The van der Waals surface area contributed by atoms with Gasteiger partial charge < -0.3 is 4.42 Å². The predicted molar refractivity (Wildman–Crippen MR) is 95.0 cm³/mol. The minimum Gasteiger partial charge on any atom is -0.460 e. The normalized spacial score (nSPS) is 12.4. The number of rotatable bonds is 4. The first-order chi connectivity index (χ1) is 11.2. The molecule has 0 aliphatic heterocycles. The molecule has 0 atom stereocenters. The van der Waals surface area contributed by atoms with E-state index in [9.17, 15) is 0 Å². The number of thiazole rings is 1. The molecule has 0 radical (unpaired) electrons. The Hall–Kier alpha value is -2.40. The Morgan fingerprint density at radius 3 is 2.57 bits per heavy atom. The fourth-order valence-corrected chi connectivity index (χ4v) is 3.12. The van der Waals surface area contributed by atoms with E-state index in [-0.39, 0.29) is 0 Å². The SMILES string of the molecule is CCN=c1scc(-c2ccc(C)cc2)n1N=Cc1ccc(C)o1. The van der Waals surface area contributed by atoms with Crippen molar-refractivity contribution in [3.63, 3.8) is 0 Å². The van der Waals surface area contributed by atoms with Gasteiger partial charge >= 0.3 is 0 Å². The highest BCUT2D eigenvalue weighted by atomic mass is 32.1. The van der Waals surface area contributed by atoms with Crippen LogP contribution < -0.4 is 4.80 Å². The van der Waals surface area contributed by atoms with Crippen molar-refractivity contribution < 1.29 is 4.42 Å². The molecule has 0 N–H and O–H groups in total. The highest BCUT2D eigenvalue weighted by molar-refractivity contribution is 7.07. The van der Waals surface area contributed by atoms with E-state index in [1.807, 2.05) is 30.7 Å². The van der Waals surface area contributed by atoms with Gasteiger partial charge in [0.1, 0.15) is 11.5 Å². The second-order valence-electron chi connectivity index (χ2n) is 5.25. The minimum atomic E-state index is 0.725. The summed E-state index contributed by atoms with van der Waals surface area (Å²) < 4.78 is 7.42. The van der Waals surface area contributed by atoms with Crippen LogP contribution in [-0.4, -0.2) is 17.4 Å². The van der Waals surface area contributed by atoms with Crippen molar-refractivity contribution in [1.82, 2.24) is 4.68 Å². The third-order valence-electron chi connectivity index (χ3n) is 3.39. The van der Waals surface area contributed by atoms with Crippen molar-refractivity contribution >= 4 is 17.6 Å². The van der Waals surface area contributed by atoms with Gasteiger partial charge in [-0.05, 0) is 32.9 Å². The molecule has 1 aromatic carbocycles. The molecule has 2 aromatic heterocycles. The predicted octanol–water partition coefficient (Wildman–Crippen LogP) is 4.23. The molecule has 0 amide bonds. The third-order valence-corrected chi connectivity index (χ3v) is 4.24. The number of nitrogens with zero attached hydrogens (tertiary/aromatic N) is 3. The fraction of sp³-hybridized carbons (Fsp3) is 0.222. The average Bonchev–Trinajstić information content (AvgIpc) is 3.13. The molecule has 0 aliphatic rings. The van der Waals surface area contributed by atoms with Gasteiger partial charge in [0.2, 0.25) is 4.80 Å². The van der Waals surface area contributed by atoms with Gasteiger partial charge in [0.15, 0.2) is 0 Å². The molecule has 0 unspecified atom stereocenters. The van der Waals surface area contributed by atoms with Crippen molar-refractivity contribution in [3.05, 3.63) is 63.7 Å². The van der Waals surface area contributed by atoms with Crippen molar-refractivity contribution in [3.8, 4) is 11.3 Å². The summed E-state index contributed by atoms with van der Waals surface area (Å²) in [6.45, 7) is 6.75. The maximum Gasteiger partial charge on any atom is 0.206 e. The van der Waals surface area contributed by atoms with Gasteiger partial charge in [-0.3, -0.25) is 4.99 Å². The van der Waals surface area contributed by atoms with Gasteiger partial charge in [-0.15, -0.1) is 11.3 Å². The van der Waals surface area contributed by atoms with Gasteiger partial charge in [-0.25, -0.2) is 4.68 Å². The van der Waals surface area contributed by atoms with Crippen molar-refractivity contribution in [2.75, 3.05) is 6.54 Å². The molecular weight excluding hydrogens is 306 g/mol. The topological polar surface area (TPSA) is 42.8 Å². The zero-order chi connectivity index (χ0) is 16.2. The Kier molecular flexibility index (Phi) is 4.57. The number of benzene rings is 1. The molecular formula is C18H19N3OS. The third kappa shape index (κ3) is 3.51. The molecule has 4 nitrogen and oxygen atoms in total. The van der Waals surface area contributed by atoms with Crippen molar-refractivity contribution in [2.24, 2.45) is 10.1 Å². The standard InChI is InChI=1S/C18H19N3OS/c1-4-19-18-21(20-11-16-10-7-14(3)22-16)17(12-23-18)15-8-5-13(2)6-9-15/h5-12H,4H2,1-3H3. The quantitative estimate of drug-likeness (QED) is 0.662. The van der Waals surface area contributed by atoms with Crippen LogP contribution in [-0.2, 0) is 0 Å². The van der Waals surface area contributed by atoms with Gasteiger partial charge in [-0.1, -0.05) is 29.8 Å². The van der Waals surface area contributed by atoms with Crippen LogP contribution in [0.2, 0.25) is 0 Å².